The first kappa shape index (κ1) is 62.7. The highest BCUT2D eigenvalue weighted by Gasteiger charge is 2.52. The van der Waals surface area contributed by atoms with Crippen LogP contribution in [0.3, 0.4) is 0 Å². The molecule has 0 saturated heterocycles. The molecule has 544 valence electrons. The van der Waals surface area contributed by atoms with E-state index in [4.69, 9.17) is 37.9 Å². The summed E-state index contributed by atoms with van der Waals surface area (Å²) in [6.07, 6.45) is 0. The molecular formula is C100H44B4N8O8. The number of benzene rings is 16. The minimum absolute atomic E-state index is 0.00693. The molecule has 16 nitrogen and oxygen atoms in total. The molecule has 12 aliphatic rings. The maximum Gasteiger partial charge on any atom is 0.266 e. The van der Waals surface area contributed by atoms with Crippen molar-refractivity contribution in [1.29, 1.82) is 21.0 Å². The quantitative estimate of drug-likeness (QED) is 0.131. The number of hydrogen-bond acceptors (Lipinski definition) is 12. The van der Waals surface area contributed by atoms with Gasteiger partial charge in [-0.1, -0.05) is 78.9 Å². The Hall–Kier alpha value is -16.7. The third-order valence-electron chi connectivity index (χ3n) is 26.7. The first-order valence-corrected chi connectivity index (χ1v) is 39.9. The lowest BCUT2D eigenvalue weighted by molar-refractivity contribution is 0.463. The highest BCUT2D eigenvalue weighted by molar-refractivity contribution is 7.03. The third-order valence-corrected chi connectivity index (χ3v) is 26.7. The molecule has 0 saturated carbocycles. The fourth-order valence-electron chi connectivity index (χ4n) is 22.4. The molecule has 0 spiro atoms. The molecule has 20 heteroatoms. The van der Waals surface area contributed by atoms with E-state index in [0.29, 0.717) is 22.3 Å². The molecule has 32 rings (SSSR count). The van der Waals surface area contributed by atoms with Crippen LogP contribution in [0.25, 0.3) is 110 Å². The number of ether oxygens (including phenoxy) is 8. The van der Waals surface area contributed by atoms with Crippen molar-refractivity contribution in [1.82, 2.24) is 18.3 Å². The van der Waals surface area contributed by atoms with Gasteiger partial charge in [0.05, 0.1) is 84.2 Å². The van der Waals surface area contributed by atoms with E-state index >= 15 is 0 Å². The van der Waals surface area contributed by atoms with Crippen molar-refractivity contribution in [2.45, 2.75) is 0 Å². The predicted molar refractivity (Wildman–Crippen MR) is 467 cm³/mol. The monoisotopic (exact) mass is 1530 g/mol. The van der Waals surface area contributed by atoms with Gasteiger partial charge < -0.3 is 56.2 Å². The van der Waals surface area contributed by atoms with Crippen molar-refractivity contribution in [3.8, 4) is 139 Å². The predicted octanol–water partition coefficient (Wildman–Crippen LogP) is 14.8. The topological polar surface area (TPSA) is 189 Å². The van der Waals surface area contributed by atoms with Gasteiger partial charge in [-0.05, 0) is 232 Å². The van der Waals surface area contributed by atoms with Gasteiger partial charge in [0.25, 0.3) is 26.9 Å². The zero-order chi connectivity index (χ0) is 78.2. The molecule has 0 bridgehead atoms. The molecule has 16 aromatic carbocycles. The van der Waals surface area contributed by atoms with E-state index in [1.54, 1.807) is 0 Å². The maximum atomic E-state index is 10.0. The van der Waals surface area contributed by atoms with Crippen LogP contribution in [0.1, 0.15) is 22.3 Å². The molecule has 0 radical (unpaired) electrons. The summed E-state index contributed by atoms with van der Waals surface area (Å²) < 4.78 is 59.9. The summed E-state index contributed by atoms with van der Waals surface area (Å²) in [5.74, 6) is 13.8. The fraction of sp³-hybridized carbons (Fsp3) is 0. The lowest BCUT2D eigenvalue weighted by Crippen LogP contribution is -2.60. The van der Waals surface area contributed by atoms with Gasteiger partial charge in [0.2, 0.25) is 0 Å². The van der Waals surface area contributed by atoms with Crippen molar-refractivity contribution in [3.63, 3.8) is 0 Å². The molecule has 0 atom stereocenters. The van der Waals surface area contributed by atoms with E-state index in [2.05, 4.69) is 146 Å². The van der Waals surface area contributed by atoms with Gasteiger partial charge in [-0.25, -0.2) is 0 Å². The average Bonchev–Trinajstić information content (AvgIpc) is 1.45. The van der Waals surface area contributed by atoms with Gasteiger partial charge in [-0.15, -0.1) is 0 Å². The number of hydrogen-bond donors (Lipinski definition) is 0. The van der Waals surface area contributed by atoms with Crippen LogP contribution in [0.4, 0.5) is 0 Å². The second-order valence-corrected chi connectivity index (χ2v) is 32.1. The number of aromatic nitrogens is 4. The molecule has 16 heterocycles. The third kappa shape index (κ3) is 7.48. The first-order chi connectivity index (χ1) is 59.4. The summed E-state index contributed by atoms with van der Waals surface area (Å²) in [5.41, 5.74) is 29.2. The average molecular weight is 1530 g/mol. The second-order valence-electron chi connectivity index (χ2n) is 32.1. The van der Waals surface area contributed by atoms with Gasteiger partial charge in [-0.2, -0.15) is 21.0 Å². The lowest BCUT2D eigenvalue weighted by Gasteiger charge is -2.37. The van der Waals surface area contributed by atoms with Gasteiger partial charge in [0, 0.05) is 82.0 Å². The van der Waals surface area contributed by atoms with Crippen LogP contribution in [0.2, 0.25) is 0 Å². The number of nitriles is 4. The van der Waals surface area contributed by atoms with E-state index in [9.17, 15) is 21.0 Å². The Morgan fingerprint density at radius 3 is 0.992 bits per heavy atom. The normalized spacial score (nSPS) is 13.8. The second kappa shape index (κ2) is 21.8. The Morgan fingerprint density at radius 1 is 0.200 bits per heavy atom. The summed E-state index contributed by atoms with van der Waals surface area (Å²) >= 11 is 0. The van der Waals surface area contributed by atoms with E-state index in [1.165, 1.54) is 38.0 Å². The van der Waals surface area contributed by atoms with Crippen LogP contribution in [0, 0.1) is 45.3 Å². The largest absolute Gasteiger partial charge is 0.458 e. The van der Waals surface area contributed by atoms with E-state index < -0.39 is 0 Å². The Morgan fingerprint density at radius 2 is 0.517 bits per heavy atom. The zero-order valence-electron chi connectivity index (χ0n) is 62.6. The van der Waals surface area contributed by atoms with Gasteiger partial charge >= 0.3 is 0 Å². The Bertz CT molecular complexity index is 8580. The smallest absolute Gasteiger partial charge is 0.266 e. The lowest BCUT2D eigenvalue weighted by atomic mass is 9.33. The molecule has 4 aromatic heterocycles. The van der Waals surface area contributed by atoms with Crippen LogP contribution in [0.15, 0.2) is 267 Å². The van der Waals surface area contributed by atoms with E-state index in [-0.39, 0.29) is 26.9 Å². The molecule has 20 aromatic rings. The van der Waals surface area contributed by atoms with Crippen molar-refractivity contribution in [2.24, 2.45) is 0 Å². The van der Waals surface area contributed by atoms with E-state index in [0.717, 1.165) is 230 Å². The number of rotatable bonds is 0. The van der Waals surface area contributed by atoms with Crippen molar-refractivity contribution in [2.75, 3.05) is 0 Å². The van der Waals surface area contributed by atoms with Gasteiger partial charge in [-0.3, -0.25) is 0 Å². The Kier molecular flexibility index (Phi) is 11.4. The number of nitrogens with zero attached hydrogens (tertiary/aromatic N) is 8. The molecule has 0 fully saturated rings. The Labute approximate surface area is 680 Å². The van der Waals surface area contributed by atoms with Crippen molar-refractivity contribution in [3.05, 3.63) is 289 Å². The van der Waals surface area contributed by atoms with Crippen LogP contribution in [0.5, 0.6) is 92.0 Å². The highest BCUT2D eigenvalue weighted by Crippen LogP contribution is 2.50. The highest BCUT2D eigenvalue weighted by atomic mass is 16.5. The molecule has 12 aliphatic heterocycles. The maximum absolute atomic E-state index is 10.0. The summed E-state index contributed by atoms with van der Waals surface area (Å²) in [6, 6.07) is 98.9. The van der Waals surface area contributed by atoms with Crippen LogP contribution < -0.4 is 103 Å². The summed E-state index contributed by atoms with van der Waals surface area (Å²) in [6.45, 7) is 0.213. The molecule has 120 heavy (non-hydrogen) atoms. The molecular weight excluding hydrogens is 1480 g/mol. The zero-order valence-corrected chi connectivity index (χ0v) is 62.6. The SMILES string of the molecule is N#Cc1ccc2c(c1)c1ccc3c4c1n2-c1cccc2c1B4c1c(cccc1O3)O2.N#Cc1ccc2c3c1-n1c4ccccc4c4ccc5c(c41)B3c1c(cccc1O5)O2.N#Cc1ccc2c3ccc4c5c3n(c2c1)-c1cccc2c1B5c1c(cccc1O4)O2.N#Cc1cccc2c3ccc4c5c3n(c12)-c1cccc2c1B5c1c(cccc1O4)O2. The Balaban J connectivity index is 0.0000000811. The number of para-hydroxylation sites is 2. The molecule has 0 N–H and O–H groups in total. The minimum Gasteiger partial charge on any atom is -0.458 e. The molecule has 0 aliphatic carbocycles. The molecule has 0 unspecified atom stereocenters. The van der Waals surface area contributed by atoms with Crippen LogP contribution in [-0.2, 0) is 0 Å². The van der Waals surface area contributed by atoms with E-state index in [1.807, 2.05) is 164 Å². The summed E-state index contributed by atoms with van der Waals surface area (Å²) in [5, 5.41) is 48.0. The van der Waals surface area contributed by atoms with Gasteiger partial charge in [0.1, 0.15) is 104 Å². The number of fused-ring (bicyclic) bond motifs is 16. The summed E-state index contributed by atoms with van der Waals surface area (Å²) in [4.78, 5) is 0. The van der Waals surface area contributed by atoms with Crippen molar-refractivity contribution >= 4 is 180 Å². The van der Waals surface area contributed by atoms with Gasteiger partial charge in [0.15, 0.2) is 0 Å². The van der Waals surface area contributed by atoms with Crippen molar-refractivity contribution < 1.29 is 37.9 Å². The standard InChI is InChI=1S/4C25H11BN2O2/c27-12-13-4-1-5-14-15-10-11-20-23-25(15)28(24(13)14)16-6-2-7-17-21(16)26(23)22-18(29-17)8-3-9-19(22)30-20;27-12-13-7-9-16-15(11-13)14-8-10-21-24-25(14)28(16)17-3-1-4-18-22(17)26(24)23-19(29-18)5-2-6-20(23)30-21;27-12-13-7-8-14-15-9-10-21-24-25(15)28(17(14)11-13)16-3-1-4-18-22(16)26(24)23-19(29-18)5-2-6-20(23)30-21;27-12-13-8-10-19-22-24(13)28-16-5-2-1-4-14(16)15-9-11-20-23(25(15)28)26(22)21-17(29-19)6-3-7-18(21)30-20/h4*1-11H. The minimum atomic E-state index is -0.00693. The molecule has 0 amide bonds. The van der Waals surface area contributed by atoms with Crippen LogP contribution >= 0.6 is 0 Å². The summed E-state index contributed by atoms with van der Waals surface area (Å²) in [7, 11) is 0. The van der Waals surface area contributed by atoms with Crippen LogP contribution in [-0.4, -0.2) is 45.1 Å². The fourth-order valence-corrected chi connectivity index (χ4v) is 22.4. The first-order valence-electron chi connectivity index (χ1n) is 39.9.